The van der Waals surface area contributed by atoms with Crippen LogP contribution in [-0.4, -0.2) is 24.4 Å². The van der Waals surface area contributed by atoms with E-state index in [0.717, 1.165) is 5.56 Å². The van der Waals surface area contributed by atoms with Gasteiger partial charge in [-0.25, -0.2) is 0 Å². The van der Waals surface area contributed by atoms with E-state index in [0.29, 0.717) is 12.0 Å². The summed E-state index contributed by atoms with van der Waals surface area (Å²) in [7, 11) is 0. The van der Waals surface area contributed by atoms with Gasteiger partial charge in [-0.3, -0.25) is 4.79 Å². The zero-order valence-corrected chi connectivity index (χ0v) is 14.2. The Kier molecular flexibility index (Phi) is 5.63. The first-order valence-corrected chi connectivity index (χ1v) is 8.25. The van der Waals surface area contributed by atoms with Gasteiger partial charge in [0.1, 0.15) is 11.5 Å². The number of nitrogens with one attached hydrogen (secondary N) is 1. The molecule has 5 nitrogen and oxygen atoms in total. The first-order chi connectivity index (χ1) is 12.9. The van der Waals surface area contributed by atoms with Gasteiger partial charge in [0.15, 0.2) is 12.7 Å². The second-order valence-corrected chi connectivity index (χ2v) is 5.98. The summed E-state index contributed by atoms with van der Waals surface area (Å²) in [6.45, 7) is -1.23. The monoisotopic (exact) mass is 378 g/mol. The van der Waals surface area contributed by atoms with E-state index in [9.17, 15) is 18.0 Å². The highest BCUT2D eigenvalue weighted by atomic mass is 19.4. The van der Waals surface area contributed by atoms with Gasteiger partial charge in [0.25, 0.3) is 5.91 Å². The summed E-state index contributed by atoms with van der Waals surface area (Å²) in [4.78, 5) is 17.5. The third-order valence-electron chi connectivity index (χ3n) is 3.86. The van der Waals surface area contributed by atoms with E-state index in [2.05, 4.69) is 10.5 Å². The Balaban J connectivity index is 1.51. The zero-order valence-electron chi connectivity index (χ0n) is 14.2. The number of rotatable bonds is 6. The van der Waals surface area contributed by atoms with Crippen molar-refractivity contribution < 1.29 is 27.5 Å². The Morgan fingerprint density at radius 3 is 2.70 bits per heavy atom. The third kappa shape index (κ3) is 5.47. The molecule has 1 heterocycles. The van der Waals surface area contributed by atoms with Gasteiger partial charge in [-0.2, -0.15) is 13.2 Å². The van der Waals surface area contributed by atoms with Crippen molar-refractivity contribution in [2.75, 3.05) is 6.61 Å². The van der Waals surface area contributed by atoms with Crippen LogP contribution in [0.5, 0.6) is 5.75 Å². The summed E-state index contributed by atoms with van der Waals surface area (Å²) >= 11 is 0. The molecular formula is C19H17F3N2O3. The fraction of sp³-hybridized carbons (Fsp3) is 0.263. The van der Waals surface area contributed by atoms with Crippen molar-refractivity contribution in [2.45, 2.75) is 25.2 Å². The van der Waals surface area contributed by atoms with E-state index >= 15 is 0 Å². The summed E-state index contributed by atoms with van der Waals surface area (Å²) in [5.41, 5.74) is 1.81. The lowest BCUT2D eigenvalue weighted by molar-refractivity contribution is -0.153. The number of hydrogen-bond acceptors (Lipinski definition) is 4. The molecule has 3 rings (SSSR count). The van der Waals surface area contributed by atoms with E-state index in [1.54, 1.807) is 12.1 Å². The third-order valence-corrected chi connectivity index (χ3v) is 3.86. The lowest BCUT2D eigenvalue weighted by atomic mass is 10.0. The van der Waals surface area contributed by atoms with Crippen LogP contribution in [-0.2, 0) is 16.2 Å². The summed E-state index contributed by atoms with van der Waals surface area (Å²) < 4.78 is 41.3. The van der Waals surface area contributed by atoms with Gasteiger partial charge < -0.3 is 14.9 Å². The van der Waals surface area contributed by atoms with Crippen LogP contribution in [0.3, 0.4) is 0 Å². The quantitative estimate of drug-likeness (QED) is 0.833. The maximum Gasteiger partial charge on any atom is 0.422 e. The molecule has 27 heavy (non-hydrogen) atoms. The smallest absolute Gasteiger partial charge is 0.422 e. The van der Waals surface area contributed by atoms with Gasteiger partial charge in [0.2, 0.25) is 0 Å². The summed E-state index contributed by atoms with van der Waals surface area (Å²) in [5, 5.41) is 6.52. The minimum Gasteiger partial charge on any atom is -0.484 e. The van der Waals surface area contributed by atoms with Crippen LogP contribution in [0.2, 0.25) is 0 Å². The molecule has 1 aliphatic heterocycles. The number of carbonyl (C=O) groups is 1. The molecule has 0 aromatic heterocycles. The van der Waals surface area contributed by atoms with Gasteiger partial charge in [0.05, 0.1) is 0 Å². The topological polar surface area (TPSA) is 59.9 Å². The van der Waals surface area contributed by atoms with Crippen molar-refractivity contribution in [2.24, 2.45) is 5.16 Å². The predicted octanol–water partition coefficient (Wildman–Crippen LogP) is 3.76. The molecule has 2 aromatic rings. The van der Waals surface area contributed by atoms with Crippen molar-refractivity contribution in [3.63, 3.8) is 0 Å². The molecule has 0 fully saturated rings. The lowest BCUT2D eigenvalue weighted by Gasteiger charge is -2.10. The summed E-state index contributed by atoms with van der Waals surface area (Å²) in [5.74, 6) is -0.292. The molecule has 0 bridgehead atoms. The fourth-order valence-electron chi connectivity index (χ4n) is 2.55. The van der Waals surface area contributed by atoms with Crippen LogP contribution in [0.15, 0.2) is 59.8 Å². The first kappa shape index (κ1) is 18.8. The van der Waals surface area contributed by atoms with Crippen molar-refractivity contribution in [3.8, 4) is 5.75 Å². The number of oxime groups is 1. The number of amides is 1. The van der Waals surface area contributed by atoms with E-state index in [-0.39, 0.29) is 30.0 Å². The lowest BCUT2D eigenvalue weighted by Crippen LogP contribution is -2.29. The number of benzene rings is 2. The normalized spacial score (nSPS) is 16.4. The minimum absolute atomic E-state index is 0.0877. The van der Waals surface area contributed by atoms with E-state index in [1.807, 2.05) is 30.3 Å². The van der Waals surface area contributed by atoms with E-state index in [4.69, 9.17) is 9.57 Å². The molecule has 1 amide bonds. The SMILES string of the molecule is O=C(NCc1cccc(OCC(F)(F)F)c1)C1=NOC(c2ccccc2)C1. The molecule has 1 unspecified atom stereocenters. The second kappa shape index (κ2) is 8.11. The van der Waals surface area contributed by atoms with E-state index in [1.165, 1.54) is 12.1 Å². The number of carbonyl (C=O) groups excluding carboxylic acids is 1. The molecule has 0 saturated carbocycles. The molecule has 0 spiro atoms. The van der Waals surface area contributed by atoms with Gasteiger partial charge >= 0.3 is 6.18 Å². The van der Waals surface area contributed by atoms with Crippen LogP contribution in [0.4, 0.5) is 13.2 Å². The van der Waals surface area contributed by atoms with Gasteiger partial charge in [-0.15, -0.1) is 0 Å². The van der Waals surface area contributed by atoms with Crippen molar-refractivity contribution in [3.05, 3.63) is 65.7 Å². The number of hydrogen-bond donors (Lipinski definition) is 1. The summed E-state index contributed by atoms with van der Waals surface area (Å²) in [6, 6.07) is 15.6. The van der Waals surface area contributed by atoms with Crippen molar-refractivity contribution in [1.29, 1.82) is 0 Å². The van der Waals surface area contributed by atoms with Crippen molar-refractivity contribution >= 4 is 11.6 Å². The molecule has 142 valence electrons. The Labute approximate surface area is 153 Å². The summed E-state index contributed by atoms with van der Waals surface area (Å²) in [6.07, 6.45) is -4.35. The maximum atomic E-state index is 12.2. The number of nitrogens with zero attached hydrogens (tertiary/aromatic N) is 1. The van der Waals surface area contributed by atoms with Crippen LogP contribution in [0.1, 0.15) is 23.7 Å². The highest BCUT2D eigenvalue weighted by Gasteiger charge is 2.29. The van der Waals surface area contributed by atoms with Gasteiger partial charge in [-0.1, -0.05) is 47.6 Å². The van der Waals surface area contributed by atoms with Crippen LogP contribution in [0, 0.1) is 0 Å². The Hall–Kier alpha value is -3.03. The Morgan fingerprint density at radius 2 is 1.96 bits per heavy atom. The average molecular weight is 378 g/mol. The highest BCUT2D eigenvalue weighted by Crippen LogP contribution is 2.27. The Morgan fingerprint density at radius 1 is 1.19 bits per heavy atom. The molecule has 8 heteroatoms. The Bertz CT molecular complexity index is 822. The highest BCUT2D eigenvalue weighted by molar-refractivity contribution is 6.39. The van der Waals surface area contributed by atoms with Gasteiger partial charge in [0, 0.05) is 13.0 Å². The minimum atomic E-state index is -4.40. The molecule has 1 aliphatic rings. The molecule has 0 aliphatic carbocycles. The van der Waals surface area contributed by atoms with E-state index < -0.39 is 12.8 Å². The molecule has 0 saturated heterocycles. The van der Waals surface area contributed by atoms with Crippen molar-refractivity contribution in [1.82, 2.24) is 5.32 Å². The molecule has 0 radical (unpaired) electrons. The number of alkyl halides is 3. The molecule has 1 atom stereocenters. The fourth-order valence-corrected chi connectivity index (χ4v) is 2.55. The zero-order chi connectivity index (χ0) is 19.3. The first-order valence-electron chi connectivity index (χ1n) is 8.25. The van der Waals surface area contributed by atoms with Gasteiger partial charge in [-0.05, 0) is 23.3 Å². The van der Waals surface area contributed by atoms with Crippen LogP contribution in [0.25, 0.3) is 0 Å². The van der Waals surface area contributed by atoms with Crippen LogP contribution < -0.4 is 10.1 Å². The molecule has 1 N–H and O–H groups in total. The molecular weight excluding hydrogens is 361 g/mol. The maximum absolute atomic E-state index is 12.2. The number of ether oxygens (including phenoxy) is 1. The second-order valence-electron chi connectivity index (χ2n) is 5.98. The number of halogens is 3. The predicted molar refractivity (Wildman–Crippen MR) is 92.2 cm³/mol. The van der Waals surface area contributed by atoms with Crippen LogP contribution >= 0.6 is 0 Å². The largest absolute Gasteiger partial charge is 0.484 e. The molecule has 2 aromatic carbocycles. The standard InChI is InChI=1S/C19H17F3N2O3/c20-19(21,22)12-26-15-8-4-5-13(9-15)11-23-18(25)16-10-17(27-24-16)14-6-2-1-3-7-14/h1-9,17H,10-12H2,(H,23,25). The average Bonchev–Trinajstić information content (AvgIpc) is 3.15.